The maximum absolute atomic E-state index is 10.9. The minimum absolute atomic E-state index is 0.122. The Balaban J connectivity index is 2.19. The van der Waals surface area contributed by atoms with Crippen molar-refractivity contribution in [2.24, 2.45) is 0 Å². The van der Waals surface area contributed by atoms with Gasteiger partial charge in [0.25, 0.3) is 0 Å². The second kappa shape index (κ2) is 3.59. The number of benzene rings is 1. The van der Waals surface area contributed by atoms with Crippen molar-refractivity contribution in [1.29, 1.82) is 0 Å². The Morgan fingerprint density at radius 1 is 1.38 bits per heavy atom. The molecule has 0 amide bonds. The molecule has 1 unspecified atom stereocenters. The molecule has 1 atom stereocenters. The first-order valence-electron chi connectivity index (χ1n) is 5.48. The van der Waals surface area contributed by atoms with Crippen LogP contribution in [0, 0.1) is 0 Å². The highest BCUT2D eigenvalue weighted by Crippen LogP contribution is 2.53. The average Bonchev–Trinajstić information content (AvgIpc) is 2.99. The third-order valence-electron chi connectivity index (χ3n) is 3.38. The van der Waals surface area contributed by atoms with Gasteiger partial charge in [0.05, 0.1) is 0 Å². The smallest absolute Gasteiger partial charge is 0.335 e. The Morgan fingerprint density at radius 2 is 1.94 bits per heavy atom. The van der Waals surface area contributed by atoms with Gasteiger partial charge in [-0.05, 0) is 37.2 Å². The molecule has 16 heavy (non-hydrogen) atoms. The van der Waals surface area contributed by atoms with Crippen LogP contribution in [-0.4, -0.2) is 21.8 Å². The zero-order chi connectivity index (χ0) is 11.8. The second-order valence-corrected chi connectivity index (χ2v) is 4.90. The molecule has 1 aliphatic carbocycles. The highest BCUT2D eigenvalue weighted by Gasteiger charge is 2.50. The minimum atomic E-state index is -1.63. The molecule has 3 heteroatoms. The van der Waals surface area contributed by atoms with Crippen LogP contribution in [-0.2, 0) is 10.2 Å². The molecule has 3 nitrogen and oxygen atoms in total. The monoisotopic (exact) mass is 220 g/mol. The van der Waals surface area contributed by atoms with Gasteiger partial charge in [0.1, 0.15) is 0 Å². The fourth-order valence-electron chi connectivity index (χ4n) is 2.24. The lowest BCUT2D eigenvalue weighted by Gasteiger charge is -2.25. The minimum Gasteiger partial charge on any atom is -0.479 e. The lowest BCUT2D eigenvalue weighted by molar-refractivity contribution is -0.157. The van der Waals surface area contributed by atoms with E-state index in [0.29, 0.717) is 6.42 Å². The zero-order valence-electron chi connectivity index (χ0n) is 9.31. The summed E-state index contributed by atoms with van der Waals surface area (Å²) in [6, 6.07) is 9.85. The number of carboxylic acid groups (broad SMARTS) is 1. The summed E-state index contributed by atoms with van der Waals surface area (Å²) in [5.41, 5.74) is -0.619. The van der Waals surface area contributed by atoms with Gasteiger partial charge in [0.15, 0.2) is 5.60 Å². The average molecular weight is 220 g/mol. The number of carbonyl (C=O) groups is 1. The van der Waals surface area contributed by atoms with Crippen molar-refractivity contribution in [2.45, 2.75) is 37.2 Å². The molecule has 1 fully saturated rings. The SMILES string of the molecule is CC(O)(CC1(c2ccccc2)CC1)C(=O)O. The Kier molecular flexibility index (Phi) is 2.50. The van der Waals surface area contributed by atoms with E-state index in [-0.39, 0.29) is 5.41 Å². The van der Waals surface area contributed by atoms with Crippen LogP contribution in [0.15, 0.2) is 30.3 Å². The van der Waals surface area contributed by atoms with Gasteiger partial charge in [0, 0.05) is 0 Å². The molecule has 0 spiro atoms. The van der Waals surface area contributed by atoms with Crippen molar-refractivity contribution in [3.05, 3.63) is 35.9 Å². The van der Waals surface area contributed by atoms with E-state index in [0.717, 1.165) is 18.4 Å². The number of rotatable bonds is 4. The van der Waals surface area contributed by atoms with E-state index < -0.39 is 11.6 Å². The molecule has 1 aromatic carbocycles. The quantitative estimate of drug-likeness (QED) is 0.815. The Bertz CT molecular complexity index is 391. The Labute approximate surface area is 94.7 Å². The van der Waals surface area contributed by atoms with E-state index in [4.69, 9.17) is 5.11 Å². The standard InChI is InChI=1S/C13H16O3/c1-12(16,11(14)15)9-13(7-8-13)10-5-3-2-4-6-10/h2-6,16H,7-9H2,1H3,(H,14,15). The van der Waals surface area contributed by atoms with Gasteiger partial charge in [-0.3, -0.25) is 0 Å². The number of carboxylic acids is 1. The molecule has 0 aromatic heterocycles. The van der Waals surface area contributed by atoms with Crippen molar-refractivity contribution in [1.82, 2.24) is 0 Å². The van der Waals surface area contributed by atoms with Crippen molar-refractivity contribution >= 4 is 5.97 Å². The van der Waals surface area contributed by atoms with Crippen molar-refractivity contribution in [2.75, 3.05) is 0 Å². The van der Waals surface area contributed by atoms with E-state index >= 15 is 0 Å². The van der Waals surface area contributed by atoms with Crippen LogP contribution in [0.1, 0.15) is 31.7 Å². The zero-order valence-corrected chi connectivity index (χ0v) is 9.31. The molecule has 2 N–H and O–H groups in total. The van der Waals surface area contributed by atoms with Crippen LogP contribution in [0.4, 0.5) is 0 Å². The van der Waals surface area contributed by atoms with Gasteiger partial charge in [0.2, 0.25) is 0 Å². The van der Waals surface area contributed by atoms with E-state index in [1.807, 2.05) is 30.3 Å². The van der Waals surface area contributed by atoms with Gasteiger partial charge in [-0.15, -0.1) is 0 Å². The first kappa shape index (κ1) is 11.1. The summed E-state index contributed by atoms with van der Waals surface area (Å²) in [6.45, 7) is 1.37. The fraction of sp³-hybridized carbons (Fsp3) is 0.462. The molecule has 2 rings (SSSR count). The van der Waals surface area contributed by atoms with Crippen LogP contribution < -0.4 is 0 Å². The molecular formula is C13H16O3. The third-order valence-corrected chi connectivity index (χ3v) is 3.38. The van der Waals surface area contributed by atoms with Gasteiger partial charge in [-0.1, -0.05) is 30.3 Å². The van der Waals surface area contributed by atoms with Crippen LogP contribution in [0.5, 0.6) is 0 Å². The fourth-order valence-corrected chi connectivity index (χ4v) is 2.24. The summed E-state index contributed by atoms with van der Waals surface area (Å²) in [4.78, 5) is 10.9. The summed E-state index contributed by atoms with van der Waals surface area (Å²) < 4.78 is 0. The molecule has 86 valence electrons. The van der Waals surface area contributed by atoms with Crippen molar-refractivity contribution in [3.63, 3.8) is 0 Å². The summed E-state index contributed by atoms with van der Waals surface area (Å²) in [7, 11) is 0. The molecule has 1 aromatic rings. The first-order chi connectivity index (χ1) is 7.46. The molecule has 0 heterocycles. The summed E-state index contributed by atoms with van der Waals surface area (Å²) in [6.07, 6.45) is 2.21. The van der Waals surface area contributed by atoms with Gasteiger partial charge < -0.3 is 10.2 Å². The lowest BCUT2D eigenvalue weighted by Crippen LogP contribution is -2.38. The molecular weight excluding hydrogens is 204 g/mol. The Hall–Kier alpha value is -1.35. The summed E-state index contributed by atoms with van der Waals surface area (Å²) >= 11 is 0. The van der Waals surface area contributed by atoms with Crippen molar-refractivity contribution in [3.8, 4) is 0 Å². The third kappa shape index (κ3) is 1.95. The molecule has 0 bridgehead atoms. The maximum atomic E-state index is 10.9. The van der Waals surface area contributed by atoms with E-state index in [1.165, 1.54) is 6.92 Å². The molecule has 0 saturated heterocycles. The number of hydrogen-bond acceptors (Lipinski definition) is 2. The second-order valence-electron chi connectivity index (χ2n) is 4.90. The van der Waals surface area contributed by atoms with Crippen LogP contribution in [0.2, 0.25) is 0 Å². The largest absolute Gasteiger partial charge is 0.479 e. The number of aliphatic carboxylic acids is 1. The predicted octanol–water partition coefficient (Wildman–Crippen LogP) is 1.94. The lowest BCUT2D eigenvalue weighted by atomic mass is 9.84. The molecule has 1 saturated carbocycles. The van der Waals surface area contributed by atoms with Crippen LogP contribution in [0.3, 0.4) is 0 Å². The molecule has 0 aliphatic heterocycles. The van der Waals surface area contributed by atoms with Crippen LogP contribution in [0.25, 0.3) is 0 Å². The van der Waals surface area contributed by atoms with Gasteiger partial charge >= 0.3 is 5.97 Å². The van der Waals surface area contributed by atoms with Gasteiger partial charge in [-0.25, -0.2) is 4.79 Å². The van der Waals surface area contributed by atoms with Crippen LogP contribution >= 0.6 is 0 Å². The van der Waals surface area contributed by atoms with E-state index in [9.17, 15) is 9.90 Å². The van der Waals surface area contributed by atoms with Gasteiger partial charge in [-0.2, -0.15) is 0 Å². The predicted molar refractivity (Wildman–Crippen MR) is 60.2 cm³/mol. The number of hydrogen-bond donors (Lipinski definition) is 2. The molecule has 0 radical (unpaired) electrons. The summed E-state index contributed by atoms with van der Waals surface area (Å²) in [5, 5.41) is 18.8. The first-order valence-corrected chi connectivity index (χ1v) is 5.48. The number of aliphatic hydroxyl groups is 1. The molecule has 1 aliphatic rings. The normalized spacial score (nSPS) is 21.1. The highest BCUT2D eigenvalue weighted by atomic mass is 16.4. The highest BCUT2D eigenvalue weighted by molar-refractivity contribution is 5.76. The van der Waals surface area contributed by atoms with Crippen molar-refractivity contribution < 1.29 is 15.0 Å². The Morgan fingerprint density at radius 3 is 2.38 bits per heavy atom. The summed E-state index contributed by atoms with van der Waals surface area (Å²) in [5.74, 6) is -1.14. The van der Waals surface area contributed by atoms with E-state index in [2.05, 4.69) is 0 Å². The maximum Gasteiger partial charge on any atom is 0.335 e. The van der Waals surface area contributed by atoms with E-state index in [1.54, 1.807) is 0 Å². The topological polar surface area (TPSA) is 57.5 Å².